The molecule has 0 fully saturated rings. The predicted octanol–water partition coefficient (Wildman–Crippen LogP) is 2.28. The van der Waals surface area contributed by atoms with Gasteiger partial charge in [0, 0.05) is 23.7 Å². The summed E-state index contributed by atoms with van der Waals surface area (Å²) in [7, 11) is 1.49. The number of halogens is 2. The van der Waals surface area contributed by atoms with E-state index in [1.54, 1.807) is 18.2 Å². The molecule has 5 nitrogen and oxygen atoms in total. The first-order valence-corrected chi connectivity index (χ1v) is 6.58. The number of carbonyl (C=O) groups is 2. The van der Waals surface area contributed by atoms with Crippen molar-refractivity contribution in [2.24, 2.45) is 0 Å². The number of nitrogens with zero attached hydrogens (tertiary/aromatic N) is 1. The number of aliphatic carboxylic acids is 1. The number of carbonyl (C=O) groups excluding carboxylic acids is 1. The van der Waals surface area contributed by atoms with E-state index in [4.69, 9.17) is 21.4 Å². The summed E-state index contributed by atoms with van der Waals surface area (Å²) in [5.74, 6) is -1.45. The van der Waals surface area contributed by atoms with E-state index in [0.29, 0.717) is 15.1 Å². The Labute approximate surface area is 124 Å². The molecule has 1 amide bonds. The molecule has 1 aromatic carbocycles. The number of carboxylic acids is 1. The molecule has 1 aromatic rings. The highest BCUT2D eigenvalue weighted by Gasteiger charge is 2.18. The van der Waals surface area contributed by atoms with Gasteiger partial charge in [0.25, 0.3) is 5.91 Å². The van der Waals surface area contributed by atoms with Crippen LogP contribution >= 0.6 is 27.5 Å². The van der Waals surface area contributed by atoms with Gasteiger partial charge in [-0.1, -0.05) is 11.6 Å². The van der Waals surface area contributed by atoms with E-state index in [9.17, 15) is 9.59 Å². The average Bonchev–Trinajstić information content (AvgIpc) is 2.36. The van der Waals surface area contributed by atoms with Gasteiger partial charge in [-0.15, -0.1) is 0 Å². The van der Waals surface area contributed by atoms with Gasteiger partial charge in [0.1, 0.15) is 6.54 Å². The number of amides is 1. The third kappa shape index (κ3) is 4.81. The van der Waals surface area contributed by atoms with Gasteiger partial charge in [0.2, 0.25) is 0 Å². The first kappa shape index (κ1) is 15.9. The van der Waals surface area contributed by atoms with Crippen LogP contribution in [-0.4, -0.2) is 48.7 Å². The molecular formula is C12H13BrClNO4. The van der Waals surface area contributed by atoms with Crippen molar-refractivity contribution < 1.29 is 19.4 Å². The smallest absolute Gasteiger partial charge is 0.323 e. The minimum absolute atomic E-state index is 0.210. The zero-order valence-electron chi connectivity index (χ0n) is 10.2. The van der Waals surface area contributed by atoms with E-state index in [-0.39, 0.29) is 25.6 Å². The lowest BCUT2D eigenvalue weighted by Crippen LogP contribution is -2.38. The Bertz CT molecular complexity index is 481. The van der Waals surface area contributed by atoms with E-state index in [1.807, 2.05) is 0 Å². The molecular weight excluding hydrogens is 337 g/mol. The molecule has 1 N–H and O–H groups in total. The molecule has 0 radical (unpaired) electrons. The minimum Gasteiger partial charge on any atom is -0.480 e. The summed E-state index contributed by atoms with van der Waals surface area (Å²) in [5, 5.41) is 9.30. The van der Waals surface area contributed by atoms with Gasteiger partial charge in [-0.2, -0.15) is 0 Å². The van der Waals surface area contributed by atoms with Gasteiger partial charge in [0.15, 0.2) is 0 Å². The highest BCUT2D eigenvalue weighted by atomic mass is 79.9. The van der Waals surface area contributed by atoms with Crippen LogP contribution in [0.15, 0.2) is 22.7 Å². The van der Waals surface area contributed by atoms with Crippen molar-refractivity contribution in [2.45, 2.75) is 0 Å². The minimum atomic E-state index is -1.07. The van der Waals surface area contributed by atoms with Gasteiger partial charge in [0.05, 0.1) is 11.6 Å². The summed E-state index contributed by atoms with van der Waals surface area (Å²) in [6.07, 6.45) is 0. The Balaban J connectivity index is 2.90. The third-order valence-electron chi connectivity index (χ3n) is 2.35. The summed E-state index contributed by atoms with van der Waals surface area (Å²) in [6.45, 7) is 0.109. The van der Waals surface area contributed by atoms with E-state index in [1.165, 1.54) is 12.0 Å². The topological polar surface area (TPSA) is 66.8 Å². The summed E-state index contributed by atoms with van der Waals surface area (Å²) >= 11 is 9.07. The van der Waals surface area contributed by atoms with Crippen LogP contribution < -0.4 is 0 Å². The second-order valence-corrected chi connectivity index (χ2v) is 5.00. The largest absolute Gasteiger partial charge is 0.480 e. The third-order valence-corrected chi connectivity index (χ3v) is 3.56. The van der Waals surface area contributed by atoms with Crippen LogP contribution in [-0.2, 0) is 9.53 Å². The highest BCUT2D eigenvalue weighted by Crippen LogP contribution is 2.23. The number of carboxylic acid groups (broad SMARTS) is 1. The maximum Gasteiger partial charge on any atom is 0.323 e. The van der Waals surface area contributed by atoms with Crippen molar-refractivity contribution in [3.63, 3.8) is 0 Å². The molecule has 0 atom stereocenters. The number of hydrogen-bond donors (Lipinski definition) is 1. The molecule has 0 aliphatic rings. The van der Waals surface area contributed by atoms with E-state index in [2.05, 4.69) is 15.9 Å². The quantitative estimate of drug-likeness (QED) is 0.855. The fraction of sp³-hybridized carbons (Fsp3) is 0.333. The standard InChI is InChI=1S/C12H13BrClNO4/c1-19-5-4-15(7-11(16)17)12(18)8-2-3-10(14)9(13)6-8/h2-3,6H,4-5,7H2,1H3,(H,16,17). The molecule has 1 rings (SSSR count). The van der Waals surface area contributed by atoms with Crippen molar-refractivity contribution >= 4 is 39.4 Å². The van der Waals surface area contributed by atoms with Gasteiger partial charge in [-0.3, -0.25) is 9.59 Å². The van der Waals surface area contributed by atoms with Crippen molar-refractivity contribution in [1.29, 1.82) is 0 Å². The molecule has 0 saturated carbocycles. The number of methoxy groups -OCH3 is 1. The monoisotopic (exact) mass is 349 g/mol. The van der Waals surface area contributed by atoms with Crippen molar-refractivity contribution in [3.8, 4) is 0 Å². The van der Waals surface area contributed by atoms with Crippen LogP contribution in [0.1, 0.15) is 10.4 Å². The molecule has 104 valence electrons. The Morgan fingerprint density at radius 2 is 2.16 bits per heavy atom. The van der Waals surface area contributed by atoms with Gasteiger partial charge in [-0.05, 0) is 34.1 Å². The van der Waals surface area contributed by atoms with Crippen LogP contribution in [0.4, 0.5) is 0 Å². The molecule has 0 unspecified atom stereocenters. The summed E-state index contributed by atoms with van der Waals surface area (Å²) in [4.78, 5) is 24.2. The SMILES string of the molecule is COCCN(CC(=O)O)C(=O)c1ccc(Cl)c(Br)c1. The second kappa shape index (κ2) is 7.47. The van der Waals surface area contributed by atoms with Gasteiger partial charge >= 0.3 is 5.97 Å². The number of rotatable bonds is 6. The van der Waals surface area contributed by atoms with Gasteiger partial charge < -0.3 is 14.7 Å². The van der Waals surface area contributed by atoms with Crippen molar-refractivity contribution in [2.75, 3.05) is 26.8 Å². The van der Waals surface area contributed by atoms with E-state index < -0.39 is 5.97 Å². The first-order valence-electron chi connectivity index (χ1n) is 5.40. The molecule has 0 saturated heterocycles. The molecule has 0 heterocycles. The van der Waals surface area contributed by atoms with Crippen LogP contribution in [0.25, 0.3) is 0 Å². The van der Waals surface area contributed by atoms with Crippen LogP contribution in [0, 0.1) is 0 Å². The molecule has 0 aromatic heterocycles. The Morgan fingerprint density at radius 3 is 2.68 bits per heavy atom. The molecule has 7 heteroatoms. The highest BCUT2D eigenvalue weighted by molar-refractivity contribution is 9.10. The number of benzene rings is 1. The number of ether oxygens (including phenoxy) is 1. The average molecular weight is 351 g/mol. The number of hydrogen-bond acceptors (Lipinski definition) is 3. The lowest BCUT2D eigenvalue weighted by molar-refractivity contribution is -0.137. The maximum absolute atomic E-state index is 12.2. The Morgan fingerprint density at radius 1 is 1.47 bits per heavy atom. The second-order valence-electron chi connectivity index (χ2n) is 3.74. The Hall–Kier alpha value is -1.11. The normalized spacial score (nSPS) is 10.3. The molecule has 0 aliphatic carbocycles. The van der Waals surface area contributed by atoms with E-state index >= 15 is 0 Å². The van der Waals surface area contributed by atoms with Crippen molar-refractivity contribution in [3.05, 3.63) is 33.3 Å². The van der Waals surface area contributed by atoms with Crippen LogP contribution in [0.3, 0.4) is 0 Å². The molecule has 19 heavy (non-hydrogen) atoms. The predicted molar refractivity (Wildman–Crippen MR) is 74.6 cm³/mol. The zero-order valence-corrected chi connectivity index (χ0v) is 12.6. The molecule has 0 bridgehead atoms. The maximum atomic E-state index is 12.2. The van der Waals surface area contributed by atoms with Crippen molar-refractivity contribution in [1.82, 2.24) is 4.90 Å². The summed E-state index contributed by atoms with van der Waals surface area (Å²) in [5.41, 5.74) is 0.369. The summed E-state index contributed by atoms with van der Waals surface area (Å²) in [6, 6.07) is 4.69. The molecule has 0 spiro atoms. The zero-order chi connectivity index (χ0) is 14.4. The molecule has 0 aliphatic heterocycles. The first-order chi connectivity index (χ1) is 8.95. The lowest BCUT2D eigenvalue weighted by Gasteiger charge is -2.20. The van der Waals surface area contributed by atoms with Crippen LogP contribution in [0.2, 0.25) is 5.02 Å². The van der Waals surface area contributed by atoms with Gasteiger partial charge in [-0.25, -0.2) is 0 Å². The fourth-order valence-corrected chi connectivity index (χ4v) is 1.93. The fourth-order valence-electron chi connectivity index (χ4n) is 1.43. The Kier molecular flexibility index (Phi) is 6.27. The van der Waals surface area contributed by atoms with E-state index in [0.717, 1.165) is 0 Å². The lowest BCUT2D eigenvalue weighted by atomic mass is 10.2. The summed E-state index contributed by atoms with van der Waals surface area (Å²) < 4.78 is 5.45. The van der Waals surface area contributed by atoms with Crippen LogP contribution in [0.5, 0.6) is 0 Å².